The predicted molar refractivity (Wildman–Crippen MR) is 118 cm³/mol. The third-order valence-electron chi connectivity index (χ3n) is 4.91. The normalized spacial score (nSPS) is 15.7. The van der Waals surface area contributed by atoms with E-state index >= 15 is 0 Å². The van der Waals surface area contributed by atoms with Crippen molar-refractivity contribution in [3.05, 3.63) is 0 Å². The molecule has 5 nitrogen and oxygen atoms in total. The van der Waals surface area contributed by atoms with E-state index in [2.05, 4.69) is 45.2 Å². The highest BCUT2D eigenvalue weighted by Crippen LogP contribution is 2.24. The first-order valence-corrected chi connectivity index (χ1v) is 13.1. The molecule has 7 heteroatoms. The van der Waals surface area contributed by atoms with Crippen LogP contribution in [0.25, 0.3) is 0 Å². The van der Waals surface area contributed by atoms with E-state index in [-0.39, 0.29) is 23.2 Å². The van der Waals surface area contributed by atoms with Crippen LogP contribution in [0.1, 0.15) is 74.1 Å². The Balaban J connectivity index is 4.96. The first-order valence-electron chi connectivity index (χ1n) is 10.7. The molecule has 0 heterocycles. The van der Waals surface area contributed by atoms with Crippen LogP contribution < -0.4 is 0 Å². The van der Waals surface area contributed by atoms with Crippen LogP contribution in [0.2, 0.25) is 6.04 Å². The van der Waals surface area contributed by atoms with Crippen LogP contribution in [-0.2, 0) is 18.1 Å². The van der Waals surface area contributed by atoms with E-state index in [0.29, 0.717) is 32.1 Å². The van der Waals surface area contributed by atoms with Gasteiger partial charge in [-0.25, -0.2) is 0 Å². The van der Waals surface area contributed by atoms with Gasteiger partial charge in [-0.05, 0) is 46.2 Å². The Hall–Kier alpha value is 0.0769. The molecule has 162 valence electrons. The smallest absolute Gasteiger partial charge is 0.374 e. The summed E-state index contributed by atoms with van der Waals surface area (Å²) in [6.45, 7) is 17.3. The zero-order valence-electron chi connectivity index (χ0n) is 18.6. The van der Waals surface area contributed by atoms with Gasteiger partial charge in [-0.1, -0.05) is 34.1 Å². The van der Waals surface area contributed by atoms with Gasteiger partial charge < -0.3 is 13.3 Å². The molecule has 0 saturated carbocycles. The molecule has 0 saturated heterocycles. The molecule has 3 atom stereocenters. The fourth-order valence-corrected chi connectivity index (χ4v) is 6.42. The third-order valence-corrected chi connectivity index (χ3v) is 8.69. The molecule has 0 aromatic carbocycles. The summed E-state index contributed by atoms with van der Waals surface area (Å²) < 4.78 is 18.4. The van der Waals surface area contributed by atoms with Gasteiger partial charge in [0, 0.05) is 37.3 Å². The van der Waals surface area contributed by atoms with Crippen molar-refractivity contribution in [2.24, 2.45) is 5.92 Å². The molecule has 0 spiro atoms. The van der Waals surface area contributed by atoms with Gasteiger partial charge >= 0.3 is 8.80 Å². The van der Waals surface area contributed by atoms with E-state index in [4.69, 9.17) is 13.3 Å². The summed E-state index contributed by atoms with van der Waals surface area (Å²) in [4.78, 5) is 14.8. The highest BCUT2D eigenvalue weighted by atomic mass is 32.1. The highest BCUT2D eigenvalue weighted by Gasteiger charge is 2.43. The van der Waals surface area contributed by atoms with Gasteiger partial charge in [0.25, 0.3) is 0 Å². The summed E-state index contributed by atoms with van der Waals surface area (Å²) in [6.07, 6.45) is 3.04. The SMILES string of the molecule is CCCC(S)C(C)CC(=O)CC[Si](OCC)(OCC)OC(C)N(CC)CC. The molecular weight excluding hydrogens is 378 g/mol. The van der Waals surface area contributed by atoms with Gasteiger partial charge in [0.15, 0.2) is 0 Å². The van der Waals surface area contributed by atoms with Crippen LogP contribution in [-0.4, -0.2) is 57.3 Å². The Bertz CT molecular complexity index is 390. The standard InChI is InChI=1S/C20H43NO4SSi/c1-8-13-20(26)17(6)16-19(22)14-15-27(23-11-4,24-12-5)25-18(7)21(9-2)10-3/h17-18,20,26H,8-16H2,1-7H3. The summed E-state index contributed by atoms with van der Waals surface area (Å²) in [5.74, 6) is 0.527. The lowest BCUT2D eigenvalue weighted by molar-refractivity contribution is -0.120. The van der Waals surface area contributed by atoms with E-state index in [0.717, 1.165) is 25.9 Å². The minimum absolute atomic E-state index is 0.0924. The lowest BCUT2D eigenvalue weighted by Crippen LogP contribution is -2.52. The quantitative estimate of drug-likeness (QED) is 0.208. The number of ketones is 1. The Morgan fingerprint density at radius 1 is 1.04 bits per heavy atom. The van der Waals surface area contributed by atoms with Crippen molar-refractivity contribution in [1.29, 1.82) is 0 Å². The number of hydrogen-bond donors (Lipinski definition) is 1. The molecule has 0 fully saturated rings. The molecule has 0 amide bonds. The van der Waals surface area contributed by atoms with E-state index in [1.807, 2.05) is 20.8 Å². The van der Waals surface area contributed by atoms with Crippen molar-refractivity contribution in [3.63, 3.8) is 0 Å². The Morgan fingerprint density at radius 3 is 2.04 bits per heavy atom. The third kappa shape index (κ3) is 10.4. The average Bonchev–Trinajstić information content (AvgIpc) is 2.61. The van der Waals surface area contributed by atoms with Crippen LogP contribution in [0, 0.1) is 5.92 Å². The molecule has 27 heavy (non-hydrogen) atoms. The van der Waals surface area contributed by atoms with Crippen LogP contribution >= 0.6 is 12.6 Å². The molecule has 0 N–H and O–H groups in total. The summed E-state index contributed by atoms with van der Waals surface area (Å²) in [5.41, 5.74) is 0. The van der Waals surface area contributed by atoms with Gasteiger partial charge in [0.05, 0.1) is 0 Å². The lowest BCUT2D eigenvalue weighted by atomic mass is 9.97. The minimum atomic E-state index is -2.89. The maximum atomic E-state index is 12.6. The zero-order chi connectivity index (χ0) is 20.9. The summed E-state index contributed by atoms with van der Waals surface area (Å²) in [6, 6.07) is 0.539. The Kier molecular flexibility index (Phi) is 15.0. The number of carbonyl (C=O) groups excluding carboxylic acids is 1. The van der Waals surface area contributed by atoms with Crippen molar-refractivity contribution >= 4 is 27.2 Å². The fourth-order valence-electron chi connectivity index (χ4n) is 3.30. The van der Waals surface area contributed by atoms with Gasteiger partial charge in [0.1, 0.15) is 12.0 Å². The number of thiol groups is 1. The second-order valence-electron chi connectivity index (χ2n) is 7.06. The largest absolute Gasteiger partial charge is 0.502 e. The maximum Gasteiger partial charge on any atom is 0.502 e. The van der Waals surface area contributed by atoms with E-state index in [1.54, 1.807) is 0 Å². The molecule has 0 bridgehead atoms. The second kappa shape index (κ2) is 15.0. The van der Waals surface area contributed by atoms with Crippen molar-refractivity contribution < 1.29 is 18.1 Å². The first-order chi connectivity index (χ1) is 12.8. The van der Waals surface area contributed by atoms with Gasteiger partial charge in [-0.15, -0.1) is 0 Å². The first kappa shape index (κ1) is 27.1. The number of carbonyl (C=O) groups is 1. The van der Waals surface area contributed by atoms with Crippen LogP contribution in [0.3, 0.4) is 0 Å². The van der Waals surface area contributed by atoms with Gasteiger partial charge in [-0.2, -0.15) is 12.6 Å². The van der Waals surface area contributed by atoms with Crippen molar-refractivity contribution in [2.45, 2.75) is 91.7 Å². The van der Waals surface area contributed by atoms with Crippen molar-refractivity contribution in [2.75, 3.05) is 26.3 Å². The number of hydrogen-bond acceptors (Lipinski definition) is 6. The number of nitrogens with zero attached hydrogens (tertiary/aromatic N) is 1. The molecule has 0 aliphatic carbocycles. The average molecular weight is 422 g/mol. The zero-order valence-corrected chi connectivity index (χ0v) is 20.5. The van der Waals surface area contributed by atoms with Crippen LogP contribution in [0.4, 0.5) is 0 Å². The van der Waals surface area contributed by atoms with E-state index < -0.39 is 8.80 Å². The van der Waals surface area contributed by atoms with Crippen molar-refractivity contribution in [3.8, 4) is 0 Å². The number of Topliss-reactive ketones (excluding diaryl/α,β-unsaturated/α-hetero) is 1. The molecule has 0 aliphatic heterocycles. The molecule has 0 aromatic rings. The Labute approximate surface area is 174 Å². The maximum absolute atomic E-state index is 12.6. The fraction of sp³-hybridized carbons (Fsp3) is 0.950. The molecule has 0 aromatic heterocycles. The second-order valence-corrected chi connectivity index (χ2v) is 10.4. The summed E-state index contributed by atoms with van der Waals surface area (Å²) in [7, 11) is -2.89. The number of rotatable bonds is 17. The summed E-state index contributed by atoms with van der Waals surface area (Å²) >= 11 is 4.64. The lowest BCUT2D eigenvalue weighted by Gasteiger charge is -2.35. The van der Waals surface area contributed by atoms with E-state index in [9.17, 15) is 4.79 Å². The molecular formula is C20H43NO4SSi. The van der Waals surface area contributed by atoms with Crippen LogP contribution in [0.15, 0.2) is 0 Å². The molecule has 0 aliphatic rings. The van der Waals surface area contributed by atoms with E-state index in [1.165, 1.54) is 0 Å². The molecule has 3 unspecified atom stereocenters. The van der Waals surface area contributed by atoms with Crippen LogP contribution in [0.5, 0.6) is 0 Å². The molecule has 0 radical (unpaired) electrons. The Morgan fingerprint density at radius 2 is 1.59 bits per heavy atom. The topological polar surface area (TPSA) is 48.0 Å². The monoisotopic (exact) mass is 421 g/mol. The predicted octanol–water partition coefficient (Wildman–Crippen LogP) is 4.79. The summed E-state index contributed by atoms with van der Waals surface area (Å²) in [5, 5.41) is 0.277. The van der Waals surface area contributed by atoms with Crippen molar-refractivity contribution in [1.82, 2.24) is 4.90 Å². The highest BCUT2D eigenvalue weighted by molar-refractivity contribution is 7.81. The minimum Gasteiger partial charge on any atom is -0.374 e. The molecule has 0 rings (SSSR count). The van der Waals surface area contributed by atoms with Gasteiger partial charge in [0.2, 0.25) is 0 Å². The van der Waals surface area contributed by atoms with Gasteiger partial charge in [-0.3, -0.25) is 9.69 Å².